The summed E-state index contributed by atoms with van der Waals surface area (Å²) in [7, 11) is 2.09. The second kappa shape index (κ2) is 5.74. The first-order valence-electron chi connectivity index (χ1n) is 7.08. The minimum absolute atomic E-state index is 0.113. The summed E-state index contributed by atoms with van der Waals surface area (Å²) in [4.78, 5) is 14.1. The van der Waals surface area contributed by atoms with Gasteiger partial charge in [0.15, 0.2) is 5.60 Å². The molecule has 1 saturated heterocycles. The van der Waals surface area contributed by atoms with Gasteiger partial charge in [-0.2, -0.15) is 0 Å². The first-order chi connectivity index (χ1) is 9.12. The smallest absolute Gasteiger partial charge is 0.306 e. The van der Waals surface area contributed by atoms with Crippen LogP contribution in [0.15, 0.2) is 30.3 Å². The summed E-state index contributed by atoms with van der Waals surface area (Å²) in [6.45, 7) is 5.77. The molecule has 0 amide bonds. The lowest BCUT2D eigenvalue weighted by Crippen LogP contribution is -2.40. The van der Waals surface area contributed by atoms with Crippen molar-refractivity contribution in [3.63, 3.8) is 0 Å². The number of likely N-dealkylation sites (tertiary alicyclic amines) is 1. The standard InChI is InChI=1S/C16H23NO2/c1-4-13-11-17(3)12-16(13,19-15(18)5-2)14-9-7-6-8-10-14/h6-10,13H,4-5,11-12H2,1-3H3/t13-,16-/m1/s1. The Kier molecular flexibility index (Phi) is 4.25. The summed E-state index contributed by atoms with van der Waals surface area (Å²) < 4.78 is 5.93. The Labute approximate surface area is 115 Å². The Morgan fingerprint density at radius 3 is 2.63 bits per heavy atom. The van der Waals surface area contributed by atoms with Gasteiger partial charge in [-0.25, -0.2) is 0 Å². The summed E-state index contributed by atoms with van der Waals surface area (Å²) in [5.74, 6) is 0.244. The molecule has 0 saturated carbocycles. The zero-order valence-electron chi connectivity index (χ0n) is 12.1. The molecule has 0 bridgehead atoms. The third-order valence-electron chi connectivity index (χ3n) is 4.04. The van der Waals surface area contributed by atoms with Gasteiger partial charge < -0.3 is 9.64 Å². The van der Waals surface area contributed by atoms with Gasteiger partial charge in [0.05, 0.1) is 0 Å². The predicted molar refractivity (Wildman–Crippen MR) is 75.8 cm³/mol. The molecule has 1 aliphatic rings. The van der Waals surface area contributed by atoms with Crippen molar-refractivity contribution < 1.29 is 9.53 Å². The number of hydrogen-bond acceptors (Lipinski definition) is 3. The lowest BCUT2D eigenvalue weighted by Gasteiger charge is -2.34. The van der Waals surface area contributed by atoms with E-state index in [9.17, 15) is 4.79 Å². The second-order valence-electron chi connectivity index (χ2n) is 5.39. The van der Waals surface area contributed by atoms with E-state index in [1.807, 2.05) is 25.1 Å². The van der Waals surface area contributed by atoms with E-state index in [4.69, 9.17) is 4.74 Å². The van der Waals surface area contributed by atoms with Crippen LogP contribution in [0.4, 0.5) is 0 Å². The van der Waals surface area contributed by atoms with Crippen LogP contribution in [0, 0.1) is 5.92 Å². The molecule has 1 aromatic rings. The highest BCUT2D eigenvalue weighted by Gasteiger charge is 2.48. The molecule has 1 aromatic carbocycles. The van der Waals surface area contributed by atoms with Crippen molar-refractivity contribution in [1.29, 1.82) is 0 Å². The van der Waals surface area contributed by atoms with Crippen molar-refractivity contribution in [2.45, 2.75) is 32.3 Å². The highest BCUT2D eigenvalue weighted by molar-refractivity contribution is 5.70. The molecule has 1 heterocycles. The average molecular weight is 261 g/mol. The van der Waals surface area contributed by atoms with Gasteiger partial charge in [0, 0.05) is 25.4 Å². The predicted octanol–water partition coefficient (Wildman–Crippen LogP) is 2.81. The fourth-order valence-electron chi connectivity index (χ4n) is 3.07. The molecule has 0 aliphatic carbocycles. The minimum Gasteiger partial charge on any atom is -0.452 e. The molecule has 1 aliphatic heterocycles. The van der Waals surface area contributed by atoms with E-state index in [0.29, 0.717) is 12.3 Å². The van der Waals surface area contributed by atoms with E-state index in [0.717, 1.165) is 25.1 Å². The number of ether oxygens (including phenoxy) is 1. The molecule has 0 aromatic heterocycles. The van der Waals surface area contributed by atoms with Crippen LogP contribution in [0.5, 0.6) is 0 Å². The number of rotatable bonds is 4. The average Bonchev–Trinajstić information content (AvgIpc) is 2.76. The number of carbonyl (C=O) groups excluding carboxylic acids is 1. The molecule has 0 spiro atoms. The third kappa shape index (κ3) is 2.66. The van der Waals surface area contributed by atoms with Crippen LogP contribution < -0.4 is 0 Å². The Hall–Kier alpha value is -1.35. The van der Waals surface area contributed by atoms with E-state index in [1.54, 1.807) is 0 Å². The van der Waals surface area contributed by atoms with Crippen LogP contribution in [0.3, 0.4) is 0 Å². The van der Waals surface area contributed by atoms with Gasteiger partial charge in [-0.1, -0.05) is 44.2 Å². The molecule has 2 atom stereocenters. The van der Waals surface area contributed by atoms with E-state index in [1.165, 1.54) is 0 Å². The van der Waals surface area contributed by atoms with Gasteiger partial charge in [-0.05, 0) is 19.0 Å². The van der Waals surface area contributed by atoms with Gasteiger partial charge in [0.25, 0.3) is 0 Å². The molecular weight excluding hydrogens is 238 g/mol. The maximum Gasteiger partial charge on any atom is 0.306 e. The van der Waals surface area contributed by atoms with Gasteiger partial charge in [-0.15, -0.1) is 0 Å². The quantitative estimate of drug-likeness (QED) is 0.781. The summed E-state index contributed by atoms with van der Waals surface area (Å²) in [5.41, 5.74) is 0.644. The minimum atomic E-state index is -0.474. The highest BCUT2D eigenvalue weighted by atomic mass is 16.6. The molecule has 19 heavy (non-hydrogen) atoms. The Bertz CT molecular complexity index is 432. The summed E-state index contributed by atoms with van der Waals surface area (Å²) in [6, 6.07) is 10.2. The van der Waals surface area contributed by atoms with Crippen molar-refractivity contribution in [1.82, 2.24) is 4.90 Å². The monoisotopic (exact) mass is 261 g/mol. The van der Waals surface area contributed by atoms with Gasteiger partial charge in [-0.3, -0.25) is 4.79 Å². The number of likely N-dealkylation sites (N-methyl/N-ethyl adjacent to an activating group) is 1. The number of esters is 1. The largest absolute Gasteiger partial charge is 0.452 e. The van der Waals surface area contributed by atoms with Crippen molar-refractivity contribution in [2.24, 2.45) is 5.92 Å². The lowest BCUT2D eigenvalue weighted by molar-refractivity contribution is -0.164. The Balaban J connectivity index is 2.41. The van der Waals surface area contributed by atoms with Crippen molar-refractivity contribution in [3.8, 4) is 0 Å². The fourth-order valence-corrected chi connectivity index (χ4v) is 3.07. The zero-order valence-corrected chi connectivity index (χ0v) is 12.1. The Morgan fingerprint density at radius 2 is 2.05 bits per heavy atom. The maximum absolute atomic E-state index is 11.9. The van der Waals surface area contributed by atoms with Gasteiger partial charge >= 0.3 is 5.97 Å². The number of carbonyl (C=O) groups is 1. The summed E-state index contributed by atoms with van der Waals surface area (Å²) in [6.07, 6.45) is 1.44. The number of hydrogen-bond donors (Lipinski definition) is 0. The molecule has 0 N–H and O–H groups in total. The van der Waals surface area contributed by atoms with Crippen molar-refractivity contribution in [2.75, 3.05) is 20.1 Å². The van der Waals surface area contributed by atoms with Gasteiger partial charge in [0.1, 0.15) is 0 Å². The van der Waals surface area contributed by atoms with Crippen LogP contribution in [-0.2, 0) is 15.1 Å². The SMILES string of the molecule is CCC(=O)O[C@]1(c2ccccc2)CN(C)C[C@H]1CC. The first-order valence-corrected chi connectivity index (χ1v) is 7.08. The van der Waals surface area contributed by atoms with Crippen LogP contribution in [0.25, 0.3) is 0 Å². The molecule has 2 rings (SSSR count). The van der Waals surface area contributed by atoms with Crippen LogP contribution in [-0.4, -0.2) is 31.0 Å². The molecule has 1 fully saturated rings. The second-order valence-corrected chi connectivity index (χ2v) is 5.39. The number of nitrogens with zero attached hydrogens (tertiary/aromatic N) is 1. The topological polar surface area (TPSA) is 29.5 Å². The van der Waals surface area contributed by atoms with E-state index in [2.05, 4.69) is 31.0 Å². The summed E-state index contributed by atoms with van der Waals surface area (Å²) in [5, 5.41) is 0. The van der Waals surface area contributed by atoms with E-state index >= 15 is 0 Å². The van der Waals surface area contributed by atoms with Crippen molar-refractivity contribution >= 4 is 5.97 Å². The van der Waals surface area contributed by atoms with E-state index < -0.39 is 5.60 Å². The molecule has 0 unspecified atom stereocenters. The molecule has 104 valence electrons. The first kappa shape index (κ1) is 14.1. The summed E-state index contributed by atoms with van der Waals surface area (Å²) >= 11 is 0. The molecular formula is C16H23NO2. The number of benzene rings is 1. The molecule has 0 radical (unpaired) electrons. The molecule has 3 heteroatoms. The molecule has 3 nitrogen and oxygen atoms in total. The normalized spacial score (nSPS) is 27.4. The third-order valence-corrected chi connectivity index (χ3v) is 4.04. The van der Waals surface area contributed by atoms with Crippen LogP contribution in [0.1, 0.15) is 32.3 Å². The van der Waals surface area contributed by atoms with E-state index in [-0.39, 0.29) is 5.97 Å². The Morgan fingerprint density at radius 1 is 1.37 bits per heavy atom. The van der Waals surface area contributed by atoms with Crippen LogP contribution in [0.2, 0.25) is 0 Å². The fraction of sp³-hybridized carbons (Fsp3) is 0.562. The zero-order chi connectivity index (χ0) is 13.9. The van der Waals surface area contributed by atoms with Gasteiger partial charge in [0.2, 0.25) is 0 Å². The highest BCUT2D eigenvalue weighted by Crippen LogP contribution is 2.41. The van der Waals surface area contributed by atoms with Crippen molar-refractivity contribution in [3.05, 3.63) is 35.9 Å². The van der Waals surface area contributed by atoms with Crippen LogP contribution >= 0.6 is 0 Å². The lowest BCUT2D eigenvalue weighted by atomic mass is 9.82. The maximum atomic E-state index is 11.9.